The Bertz CT molecular complexity index is 3110. The summed E-state index contributed by atoms with van der Waals surface area (Å²) in [4.78, 5) is 30.9. The van der Waals surface area contributed by atoms with Crippen molar-refractivity contribution < 1.29 is 37.2 Å². The van der Waals surface area contributed by atoms with Gasteiger partial charge in [-0.2, -0.15) is 0 Å². The Hall–Kier alpha value is -6.16. The molecule has 4 aromatic carbocycles. The van der Waals surface area contributed by atoms with Crippen LogP contribution in [0.3, 0.4) is 0 Å². The molecule has 2 aromatic heterocycles. The molecule has 1 aliphatic heterocycles. The van der Waals surface area contributed by atoms with Crippen LogP contribution >= 0.6 is 38.6 Å². The Morgan fingerprint density at radius 3 is 1.64 bits per heavy atom. The van der Waals surface area contributed by atoms with Gasteiger partial charge in [-0.3, -0.25) is 0 Å². The summed E-state index contributed by atoms with van der Waals surface area (Å²) in [5, 5.41) is 24.4. The number of nitrogens with one attached hydrogen (secondary N) is 2. The second-order valence-corrected chi connectivity index (χ2v) is 24.1. The van der Waals surface area contributed by atoms with Crippen LogP contribution in [0, 0.1) is 24.8 Å². The largest absolute Gasteiger partial charge is 0.495 e. The van der Waals surface area contributed by atoms with Gasteiger partial charge in [-0.25, -0.2) is 28.1 Å². The quantitative estimate of drug-likeness (QED) is 0.122. The molecule has 386 valence electrons. The smallest absolute Gasteiger partial charge is 0.444 e. The van der Waals surface area contributed by atoms with Crippen LogP contribution < -0.4 is 16.1 Å². The molecule has 2 aliphatic carbocycles. The number of benzene rings is 4. The number of carbonyl (C=O) groups is 2. The van der Waals surface area contributed by atoms with Crippen LogP contribution in [0.15, 0.2) is 76.7 Å². The summed E-state index contributed by atoms with van der Waals surface area (Å²) in [6.45, 7) is 33.3. The number of hydrogen-bond donors (Lipinski definition) is 2. The molecule has 6 aromatic rings. The predicted octanol–water partition coefficient (Wildman–Crippen LogP) is 14.0. The third kappa shape index (κ3) is 13.6. The molecule has 2 N–H and O–H groups in total. The molecule has 0 radical (unpaired) electrons. The maximum Gasteiger partial charge on any atom is 0.495 e. The Labute approximate surface area is 447 Å². The van der Waals surface area contributed by atoms with Gasteiger partial charge in [0.25, 0.3) is 0 Å². The van der Waals surface area contributed by atoms with Crippen molar-refractivity contribution in [2.75, 3.05) is 0 Å². The first kappa shape index (κ1) is 55.6. The lowest BCUT2D eigenvalue weighted by atomic mass is 9.71. The van der Waals surface area contributed by atoms with Gasteiger partial charge in [-0.15, -0.1) is 20.4 Å². The Morgan fingerprint density at radius 2 is 1.15 bits per heavy atom. The fourth-order valence-corrected chi connectivity index (χ4v) is 10.5. The van der Waals surface area contributed by atoms with E-state index in [2.05, 4.69) is 96.5 Å². The number of ether oxygens (including phenoxy) is 2. The Kier molecular flexibility index (Phi) is 17.1. The lowest BCUT2D eigenvalue weighted by molar-refractivity contribution is 0.00578. The SMILES string of the molecule is CC(C)(C)OC(=O)N[C@@H]1CCCc2c(B3OC(C)(C)C(C)(C)O3)cccc21.[C-]#[N+]c1cc(-c2nnc(-c3cccc4c3CCC[C@H]4NC(=O)OC(C)(C)C)s2)ccc1F.[C-]#[N+]c1cc(-c2nnc(Br)s2)ccc1F. The number of carbonyl (C=O) groups excluding carboxylic acids is 2. The second-order valence-electron chi connectivity index (χ2n) is 20.9. The van der Waals surface area contributed by atoms with Gasteiger partial charge < -0.3 is 29.4 Å². The van der Waals surface area contributed by atoms with Crippen LogP contribution in [-0.2, 0) is 31.6 Å². The lowest BCUT2D eigenvalue weighted by Crippen LogP contribution is -2.41. The minimum atomic E-state index is -0.556. The van der Waals surface area contributed by atoms with Crippen molar-refractivity contribution in [2.45, 2.75) is 142 Å². The van der Waals surface area contributed by atoms with E-state index in [1.807, 2.05) is 65.8 Å². The lowest BCUT2D eigenvalue weighted by Gasteiger charge is -2.32. The molecule has 0 unspecified atom stereocenters. The van der Waals surface area contributed by atoms with Gasteiger partial charge >= 0.3 is 19.3 Å². The van der Waals surface area contributed by atoms with Crippen LogP contribution in [0.4, 0.5) is 29.7 Å². The highest BCUT2D eigenvalue weighted by molar-refractivity contribution is 9.11. The molecule has 3 heterocycles. The highest BCUT2D eigenvalue weighted by Gasteiger charge is 2.52. The molecule has 2 amide bonds. The van der Waals surface area contributed by atoms with Crippen LogP contribution in [0.25, 0.3) is 41.4 Å². The van der Waals surface area contributed by atoms with Crippen molar-refractivity contribution in [3.63, 3.8) is 0 Å². The minimum absolute atomic E-state index is 0.00109. The average molecular weight is 1110 g/mol. The fraction of sp³-hybridized carbons (Fsp3) is 0.407. The Balaban J connectivity index is 0.000000172. The molecule has 9 rings (SSSR count). The highest BCUT2D eigenvalue weighted by Crippen LogP contribution is 2.41. The van der Waals surface area contributed by atoms with Crippen molar-refractivity contribution in [1.29, 1.82) is 0 Å². The first-order valence-corrected chi connectivity index (χ1v) is 26.5. The molecule has 2 atom stereocenters. The number of nitrogens with zero attached hydrogens (tertiary/aromatic N) is 6. The maximum absolute atomic E-state index is 13.7. The summed E-state index contributed by atoms with van der Waals surface area (Å²) >= 11 is 5.93. The number of alkyl carbamates (subject to hydrolysis) is 2. The molecule has 20 heteroatoms. The third-order valence-corrected chi connectivity index (χ3v) is 15.0. The first-order chi connectivity index (χ1) is 34.8. The van der Waals surface area contributed by atoms with E-state index in [4.69, 9.17) is 31.9 Å². The van der Waals surface area contributed by atoms with E-state index in [1.165, 1.54) is 52.5 Å². The van der Waals surface area contributed by atoms with Gasteiger partial charge in [0.1, 0.15) is 37.9 Å². The average Bonchev–Trinajstić information content (AvgIpc) is 4.05. The van der Waals surface area contributed by atoms with Gasteiger partial charge in [-0.1, -0.05) is 71.2 Å². The summed E-state index contributed by atoms with van der Waals surface area (Å²) in [5.74, 6) is -1.06. The van der Waals surface area contributed by atoms with Crippen molar-refractivity contribution in [3.05, 3.63) is 133 Å². The number of hydrogen-bond acceptors (Lipinski definition) is 12. The summed E-state index contributed by atoms with van der Waals surface area (Å²) < 4.78 is 50.8. The molecule has 74 heavy (non-hydrogen) atoms. The zero-order chi connectivity index (χ0) is 53.8. The minimum Gasteiger partial charge on any atom is -0.444 e. The zero-order valence-corrected chi connectivity index (χ0v) is 46.2. The van der Waals surface area contributed by atoms with Gasteiger partial charge in [0, 0.05) is 16.7 Å². The number of amides is 2. The number of rotatable bonds is 6. The monoisotopic (exact) mass is 1110 g/mol. The van der Waals surface area contributed by atoms with E-state index in [0.29, 0.717) is 25.1 Å². The third-order valence-electron chi connectivity index (χ3n) is 12.6. The Morgan fingerprint density at radius 1 is 0.689 bits per heavy atom. The van der Waals surface area contributed by atoms with Crippen molar-refractivity contribution in [2.24, 2.45) is 0 Å². The topological polar surface area (TPSA) is 155 Å². The van der Waals surface area contributed by atoms with E-state index in [0.717, 1.165) is 71.2 Å². The zero-order valence-electron chi connectivity index (χ0n) is 43.0. The molecule has 0 saturated carbocycles. The molecule has 1 fully saturated rings. The molecule has 14 nitrogen and oxygen atoms in total. The highest BCUT2D eigenvalue weighted by atomic mass is 79.9. The van der Waals surface area contributed by atoms with E-state index in [1.54, 1.807) is 12.1 Å². The van der Waals surface area contributed by atoms with E-state index < -0.39 is 28.9 Å². The van der Waals surface area contributed by atoms with Gasteiger partial charge in [-0.05, 0) is 176 Å². The summed E-state index contributed by atoms with van der Waals surface area (Å²) in [6.07, 6.45) is 4.72. The van der Waals surface area contributed by atoms with E-state index >= 15 is 0 Å². The van der Waals surface area contributed by atoms with Gasteiger partial charge in [0.05, 0.1) is 36.4 Å². The van der Waals surface area contributed by atoms with Gasteiger partial charge in [0.15, 0.2) is 3.92 Å². The molecule has 1 saturated heterocycles. The van der Waals surface area contributed by atoms with E-state index in [9.17, 15) is 18.4 Å². The molecule has 0 bridgehead atoms. The summed E-state index contributed by atoms with van der Waals surface area (Å²) in [6, 6.07) is 20.7. The summed E-state index contributed by atoms with van der Waals surface area (Å²) in [7, 11) is -0.384. The number of aromatic nitrogens is 4. The standard InChI is InChI=1S/C24H23FN4O2S.C21H32BNO4.C9H3BrFN3S/c1-24(2,3)31-23(30)27-19-10-6-7-15-16(19)8-5-9-17(15)22-29-28-21(32-22)14-11-12-18(25)20(13-14)26-4;1-19(2,3)25-18(24)23-17-13-9-10-14-15(17)11-8-12-16(14)22-26-20(4,5)21(6,7)27-22;1-12-7-4-5(2-3-6(7)11)8-13-14-9(10)15-8/h5,8-9,11-13,19H,6-7,10H2,1-3H3,(H,27,30);8,11-12,17H,9-10,13H2,1-7H3,(H,23,24);2-4H/t19-;17-;/m11./s1. The van der Waals surface area contributed by atoms with Gasteiger partial charge in [0.2, 0.25) is 11.4 Å². The molecule has 0 spiro atoms. The van der Waals surface area contributed by atoms with Crippen LogP contribution in [0.5, 0.6) is 0 Å². The molecular formula is C54H58BBrF2N8O6S2. The van der Waals surface area contributed by atoms with Crippen LogP contribution in [0.1, 0.15) is 129 Å². The van der Waals surface area contributed by atoms with E-state index in [-0.39, 0.29) is 47.9 Å². The maximum atomic E-state index is 13.7. The number of halogens is 3. The molecular weight excluding hydrogens is 1050 g/mol. The fourth-order valence-electron chi connectivity index (χ4n) is 8.55. The summed E-state index contributed by atoms with van der Waals surface area (Å²) in [5.41, 5.74) is 6.14. The van der Waals surface area contributed by atoms with Crippen LogP contribution in [-0.4, -0.2) is 62.1 Å². The van der Waals surface area contributed by atoms with Crippen molar-refractivity contribution >= 4 is 74.7 Å². The van der Waals surface area contributed by atoms with Crippen molar-refractivity contribution in [3.8, 4) is 31.7 Å². The van der Waals surface area contributed by atoms with Crippen molar-refractivity contribution in [1.82, 2.24) is 31.0 Å². The normalized spacial score (nSPS) is 17.4. The first-order valence-electron chi connectivity index (χ1n) is 24.1. The second kappa shape index (κ2) is 22.8. The van der Waals surface area contributed by atoms with Crippen LogP contribution in [0.2, 0.25) is 0 Å². The predicted molar refractivity (Wildman–Crippen MR) is 289 cm³/mol. The number of fused-ring (bicyclic) bond motifs is 2. The molecule has 3 aliphatic rings.